The van der Waals surface area contributed by atoms with Crippen molar-refractivity contribution in [3.05, 3.63) is 87.9 Å². The molecule has 2 saturated heterocycles. The van der Waals surface area contributed by atoms with Gasteiger partial charge in [0.1, 0.15) is 11.9 Å². The molecule has 8 heteroatoms. The number of piperidine rings is 1. The van der Waals surface area contributed by atoms with E-state index in [1.807, 2.05) is 54.6 Å². The van der Waals surface area contributed by atoms with E-state index in [1.165, 1.54) is 0 Å². The van der Waals surface area contributed by atoms with Crippen molar-refractivity contribution in [2.45, 2.75) is 44.1 Å². The van der Waals surface area contributed by atoms with Crippen molar-refractivity contribution in [2.75, 3.05) is 39.8 Å². The van der Waals surface area contributed by atoms with E-state index in [-0.39, 0.29) is 30.1 Å². The maximum atomic E-state index is 13.3. The average molecular weight is 571 g/mol. The molecular formula is C31H37Cl2N3O3. The molecule has 2 fully saturated rings. The predicted molar refractivity (Wildman–Crippen MR) is 156 cm³/mol. The molecule has 0 bridgehead atoms. The summed E-state index contributed by atoms with van der Waals surface area (Å²) in [6, 6.07) is 15.3. The van der Waals surface area contributed by atoms with Gasteiger partial charge in [-0.1, -0.05) is 53.6 Å². The predicted octanol–water partition coefficient (Wildman–Crippen LogP) is 5.35. The first-order chi connectivity index (χ1) is 19.0. The molecule has 2 aromatic carbocycles. The van der Waals surface area contributed by atoms with Crippen molar-refractivity contribution in [3.8, 4) is 5.75 Å². The number of carbonyl (C=O) groups excluding carboxylic acids is 1. The van der Waals surface area contributed by atoms with Gasteiger partial charge in [0, 0.05) is 43.3 Å². The number of methoxy groups -OCH3 is 1. The highest BCUT2D eigenvalue weighted by Gasteiger charge is 2.44. The van der Waals surface area contributed by atoms with Crippen LogP contribution in [0.4, 0.5) is 0 Å². The van der Waals surface area contributed by atoms with Crippen LogP contribution in [-0.2, 0) is 16.1 Å². The van der Waals surface area contributed by atoms with Crippen molar-refractivity contribution in [1.29, 1.82) is 0 Å². The SMILES string of the molecule is COC1C=CC=C2C(C(=O)NCc3cccc(Cl)c3)CN(CCCN3CCCC(Oc4ccc(Cl)cc4)C3)C21. The quantitative estimate of drug-likeness (QED) is 0.417. The molecule has 4 atom stereocenters. The normalized spacial score (nSPS) is 25.3. The number of hydrogen-bond acceptors (Lipinski definition) is 5. The van der Waals surface area contributed by atoms with E-state index in [4.69, 9.17) is 32.7 Å². The minimum atomic E-state index is -0.191. The zero-order valence-corrected chi connectivity index (χ0v) is 23.9. The fourth-order valence-corrected chi connectivity index (χ4v) is 6.35. The summed E-state index contributed by atoms with van der Waals surface area (Å²) in [5.74, 6) is 0.735. The van der Waals surface area contributed by atoms with Gasteiger partial charge in [0.2, 0.25) is 5.91 Å². The summed E-state index contributed by atoms with van der Waals surface area (Å²) in [6.45, 7) is 5.09. The van der Waals surface area contributed by atoms with Gasteiger partial charge in [-0.25, -0.2) is 0 Å². The second-order valence-corrected chi connectivity index (χ2v) is 11.5. The van der Waals surface area contributed by atoms with E-state index in [0.29, 0.717) is 18.1 Å². The molecule has 1 N–H and O–H groups in total. The number of allylic oxidation sites excluding steroid dienone is 2. The van der Waals surface area contributed by atoms with E-state index in [9.17, 15) is 4.79 Å². The van der Waals surface area contributed by atoms with Crippen LogP contribution in [0, 0.1) is 5.92 Å². The lowest BCUT2D eigenvalue weighted by atomic mass is 9.90. The number of halogens is 2. The Morgan fingerprint density at radius 1 is 1.08 bits per heavy atom. The molecule has 208 valence electrons. The molecule has 39 heavy (non-hydrogen) atoms. The summed E-state index contributed by atoms with van der Waals surface area (Å²) >= 11 is 12.1. The lowest BCUT2D eigenvalue weighted by molar-refractivity contribution is -0.123. The van der Waals surface area contributed by atoms with Crippen molar-refractivity contribution >= 4 is 29.1 Å². The zero-order valence-electron chi connectivity index (χ0n) is 22.4. The first-order valence-electron chi connectivity index (χ1n) is 13.8. The number of likely N-dealkylation sites (tertiary alicyclic amines) is 2. The van der Waals surface area contributed by atoms with E-state index < -0.39 is 0 Å². The Morgan fingerprint density at radius 3 is 2.72 bits per heavy atom. The number of ether oxygens (including phenoxy) is 2. The van der Waals surface area contributed by atoms with Crippen LogP contribution in [0.3, 0.4) is 0 Å². The molecule has 0 radical (unpaired) electrons. The maximum absolute atomic E-state index is 13.3. The molecule has 5 rings (SSSR count). The molecular weight excluding hydrogens is 533 g/mol. The van der Waals surface area contributed by atoms with Crippen LogP contribution in [0.25, 0.3) is 0 Å². The number of nitrogens with zero attached hydrogens (tertiary/aromatic N) is 2. The Balaban J connectivity index is 1.15. The molecule has 1 amide bonds. The van der Waals surface area contributed by atoms with Gasteiger partial charge in [0.15, 0.2) is 0 Å². The molecule has 0 spiro atoms. The van der Waals surface area contributed by atoms with Crippen LogP contribution in [0.5, 0.6) is 5.75 Å². The fourth-order valence-electron chi connectivity index (χ4n) is 6.01. The highest BCUT2D eigenvalue weighted by molar-refractivity contribution is 6.30. The van der Waals surface area contributed by atoms with Crippen LogP contribution in [0.15, 0.2) is 72.3 Å². The smallest absolute Gasteiger partial charge is 0.228 e. The number of nitrogens with one attached hydrogen (secondary N) is 1. The van der Waals surface area contributed by atoms with Crippen LogP contribution >= 0.6 is 23.2 Å². The minimum absolute atomic E-state index is 0.0529. The highest BCUT2D eigenvalue weighted by atomic mass is 35.5. The van der Waals surface area contributed by atoms with Crippen LogP contribution < -0.4 is 10.1 Å². The van der Waals surface area contributed by atoms with Crippen molar-refractivity contribution in [3.63, 3.8) is 0 Å². The summed E-state index contributed by atoms with van der Waals surface area (Å²) < 4.78 is 12.1. The summed E-state index contributed by atoms with van der Waals surface area (Å²) in [5.41, 5.74) is 2.14. The molecule has 6 nitrogen and oxygen atoms in total. The number of carbonyl (C=O) groups is 1. The largest absolute Gasteiger partial charge is 0.489 e. The summed E-state index contributed by atoms with van der Waals surface area (Å²) in [5, 5.41) is 4.53. The Bertz CT molecular complexity index is 1190. The molecule has 2 aromatic rings. The van der Waals surface area contributed by atoms with Gasteiger partial charge in [0.25, 0.3) is 0 Å². The number of benzene rings is 2. The van der Waals surface area contributed by atoms with Crippen LogP contribution in [-0.4, -0.2) is 73.8 Å². The Morgan fingerprint density at radius 2 is 1.92 bits per heavy atom. The van der Waals surface area contributed by atoms with Gasteiger partial charge in [-0.3, -0.25) is 14.6 Å². The highest BCUT2D eigenvalue weighted by Crippen LogP contribution is 2.35. The topological polar surface area (TPSA) is 54.0 Å². The van der Waals surface area contributed by atoms with Crippen molar-refractivity contribution in [2.24, 2.45) is 5.92 Å². The van der Waals surface area contributed by atoms with Gasteiger partial charge in [-0.2, -0.15) is 0 Å². The molecule has 4 unspecified atom stereocenters. The van der Waals surface area contributed by atoms with Crippen molar-refractivity contribution < 1.29 is 14.3 Å². The molecule has 2 heterocycles. The number of rotatable bonds is 10. The lowest BCUT2D eigenvalue weighted by Crippen LogP contribution is -2.44. The van der Waals surface area contributed by atoms with E-state index >= 15 is 0 Å². The average Bonchev–Trinajstić information content (AvgIpc) is 3.32. The number of hydrogen-bond donors (Lipinski definition) is 1. The maximum Gasteiger partial charge on any atom is 0.228 e. The molecule has 1 aliphatic carbocycles. The minimum Gasteiger partial charge on any atom is -0.489 e. The second kappa shape index (κ2) is 13.3. The number of amides is 1. The van der Waals surface area contributed by atoms with Crippen LogP contribution in [0.1, 0.15) is 24.8 Å². The standard InChI is InChI=1S/C31H37Cl2N3O3/c1-38-29-10-3-9-27-28(31(37)34-19-22-6-2-7-24(33)18-22)21-36(30(27)29)17-5-16-35-15-4-8-26(20-35)39-25-13-11-23(32)12-14-25/h2-3,6-7,9-14,18,26,28-30H,4-5,8,15-17,19-21H2,1H3,(H,34,37). The fraction of sp³-hybridized carbons (Fsp3) is 0.452. The third-order valence-corrected chi connectivity index (χ3v) is 8.38. The van der Waals surface area contributed by atoms with E-state index in [2.05, 4.69) is 27.3 Å². The summed E-state index contributed by atoms with van der Waals surface area (Å²) in [6.07, 6.45) is 9.57. The molecule has 0 aromatic heterocycles. The third-order valence-electron chi connectivity index (χ3n) is 7.90. The van der Waals surface area contributed by atoms with Gasteiger partial charge >= 0.3 is 0 Å². The first kappa shape index (κ1) is 28.2. The zero-order chi connectivity index (χ0) is 27.2. The van der Waals surface area contributed by atoms with Gasteiger partial charge in [0.05, 0.1) is 18.1 Å². The van der Waals surface area contributed by atoms with E-state index in [1.54, 1.807) is 7.11 Å². The second-order valence-electron chi connectivity index (χ2n) is 10.6. The summed E-state index contributed by atoms with van der Waals surface area (Å²) in [7, 11) is 1.75. The first-order valence-corrected chi connectivity index (χ1v) is 14.6. The Labute approximate surface area is 241 Å². The summed E-state index contributed by atoms with van der Waals surface area (Å²) in [4.78, 5) is 18.2. The lowest BCUT2D eigenvalue weighted by Gasteiger charge is -2.34. The Hall–Kier alpha value is -2.35. The Kier molecular flexibility index (Phi) is 9.64. The number of fused-ring (bicyclic) bond motifs is 1. The van der Waals surface area contributed by atoms with Crippen LogP contribution in [0.2, 0.25) is 10.0 Å². The molecule has 3 aliphatic rings. The van der Waals surface area contributed by atoms with Crippen molar-refractivity contribution in [1.82, 2.24) is 15.1 Å². The third kappa shape index (κ3) is 7.24. The van der Waals surface area contributed by atoms with Gasteiger partial charge < -0.3 is 14.8 Å². The molecule has 0 saturated carbocycles. The monoisotopic (exact) mass is 569 g/mol. The van der Waals surface area contributed by atoms with Gasteiger partial charge in [-0.15, -0.1) is 0 Å². The molecule has 2 aliphatic heterocycles. The van der Waals surface area contributed by atoms with E-state index in [0.717, 1.165) is 67.4 Å². The van der Waals surface area contributed by atoms with Gasteiger partial charge in [-0.05, 0) is 79.9 Å².